The fraction of sp³-hybridized carbons (Fsp3) is 0.0714. The van der Waals surface area contributed by atoms with Gasteiger partial charge in [-0.2, -0.15) is 0 Å². The number of ketones is 2. The van der Waals surface area contributed by atoms with E-state index >= 15 is 0 Å². The van der Waals surface area contributed by atoms with Crippen molar-refractivity contribution in [3.05, 3.63) is 112 Å². The van der Waals surface area contributed by atoms with Crippen molar-refractivity contribution in [2.45, 2.75) is 13.0 Å². The van der Waals surface area contributed by atoms with Crippen molar-refractivity contribution in [3.63, 3.8) is 0 Å². The Morgan fingerprint density at radius 1 is 0.794 bits per heavy atom. The van der Waals surface area contributed by atoms with Gasteiger partial charge in [-0.25, -0.2) is 0 Å². The Morgan fingerprint density at radius 2 is 1.47 bits per heavy atom. The van der Waals surface area contributed by atoms with Crippen molar-refractivity contribution in [3.8, 4) is 0 Å². The Hall–Kier alpha value is -4.58. The van der Waals surface area contributed by atoms with Crippen LogP contribution in [0.5, 0.6) is 0 Å². The number of imide groups is 1. The van der Waals surface area contributed by atoms with Gasteiger partial charge < -0.3 is 4.57 Å². The molecule has 0 bridgehead atoms. The number of carbonyl (C=O) groups is 4. The molecule has 1 aromatic heterocycles. The summed E-state index contributed by atoms with van der Waals surface area (Å²) in [5.41, 5.74) is 4.84. The third-order valence-electron chi connectivity index (χ3n) is 6.39. The van der Waals surface area contributed by atoms with Crippen molar-refractivity contribution in [1.82, 2.24) is 9.88 Å². The first-order valence-corrected chi connectivity index (χ1v) is 10.9. The zero-order valence-corrected chi connectivity index (χ0v) is 18.0. The minimum atomic E-state index is -0.361. The van der Waals surface area contributed by atoms with E-state index in [1.807, 2.05) is 41.1 Å². The average Bonchev–Trinajstić information content (AvgIpc) is 3.36. The van der Waals surface area contributed by atoms with E-state index < -0.39 is 0 Å². The molecule has 0 unspecified atom stereocenters. The van der Waals surface area contributed by atoms with Crippen LogP contribution in [0, 0.1) is 0 Å². The van der Waals surface area contributed by atoms with Crippen molar-refractivity contribution < 1.29 is 19.2 Å². The van der Waals surface area contributed by atoms with Gasteiger partial charge in [0.15, 0.2) is 11.6 Å². The molecule has 2 aliphatic rings. The van der Waals surface area contributed by atoms with Gasteiger partial charge in [-0.15, -0.1) is 0 Å². The van der Waals surface area contributed by atoms with Crippen LogP contribution >= 0.6 is 0 Å². The van der Waals surface area contributed by atoms with E-state index in [2.05, 4.69) is 5.32 Å². The molecule has 1 fully saturated rings. The average molecular weight is 446 g/mol. The highest BCUT2D eigenvalue weighted by atomic mass is 16.2. The Morgan fingerprint density at radius 3 is 2.21 bits per heavy atom. The lowest BCUT2D eigenvalue weighted by Crippen LogP contribution is -2.21. The normalized spacial score (nSPS) is 16.2. The molecule has 1 aliphatic heterocycles. The number of rotatable bonds is 3. The summed E-state index contributed by atoms with van der Waals surface area (Å²) in [5, 5.41) is 3.27. The summed E-state index contributed by atoms with van der Waals surface area (Å²) in [6.07, 6.45) is 3.77. The van der Waals surface area contributed by atoms with Crippen LogP contribution in [0.3, 0.4) is 0 Å². The van der Waals surface area contributed by atoms with E-state index in [0.29, 0.717) is 34.4 Å². The highest BCUT2D eigenvalue weighted by Crippen LogP contribution is 2.30. The summed E-state index contributed by atoms with van der Waals surface area (Å²) >= 11 is 0. The number of carbonyl (C=O) groups excluding carboxylic acids is 4. The van der Waals surface area contributed by atoms with Crippen LogP contribution in [0.1, 0.15) is 49.4 Å². The smallest absolute Gasteiger partial charge is 0.254 e. The Kier molecular flexibility index (Phi) is 4.42. The number of benzene rings is 3. The predicted octanol–water partition coefficient (Wildman–Crippen LogP) is 3.89. The lowest BCUT2D eigenvalue weighted by molar-refractivity contribution is -0.124. The van der Waals surface area contributed by atoms with Gasteiger partial charge in [-0.1, -0.05) is 48.5 Å². The standard InChI is InChI=1S/C28H18N2O4/c31-25-13-17(28(34)29-25)12-18-15-30(24-8-4-3-5-19(18)24)14-16-9-10-22-23(11-16)27(33)21-7-2-1-6-20(21)26(22)32/h1-12,15H,13-14H2,(H,29,31,34)/b17-12+. The second-order valence-electron chi connectivity index (χ2n) is 8.54. The first kappa shape index (κ1) is 20.1. The molecule has 6 nitrogen and oxygen atoms in total. The maximum absolute atomic E-state index is 13.1. The SMILES string of the molecule is O=C1C/C(=C\c2cn(Cc3ccc4c(c3)C(=O)c3ccccc3C4=O)c3ccccc23)C(=O)N1. The summed E-state index contributed by atoms with van der Waals surface area (Å²) in [6.45, 7) is 0.477. The first-order valence-electron chi connectivity index (χ1n) is 10.9. The van der Waals surface area contributed by atoms with E-state index in [0.717, 1.165) is 22.0 Å². The summed E-state index contributed by atoms with van der Waals surface area (Å²) in [5.74, 6) is -0.942. The summed E-state index contributed by atoms with van der Waals surface area (Å²) in [7, 11) is 0. The quantitative estimate of drug-likeness (QED) is 0.337. The van der Waals surface area contributed by atoms with E-state index in [9.17, 15) is 19.2 Å². The van der Waals surface area contributed by atoms with Gasteiger partial charge in [0.05, 0.1) is 6.42 Å². The van der Waals surface area contributed by atoms with Gasteiger partial charge in [0.1, 0.15) is 0 Å². The van der Waals surface area contributed by atoms with Gasteiger partial charge in [-0.05, 0) is 29.8 Å². The third-order valence-corrected chi connectivity index (χ3v) is 6.39. The Labute approximate surface area is 194 Å². The molecule has 34 heavy (non-hydrogen) atoms. The van der Waals surface area contributed by atoms with Gasteiger partial charge in [0, 0.05) is 57.0 Å². The summed E-state index contributed by atoms with van der Waals surface area (Å²) in [6, 6.07) is 20.1. The molecule has 6 heteroatoms. The van der Waals surface area contributed by atoms with Crippen molar-refractivity contribution >= 4 is 40.4 Å². The summed E-state index contributed by atoms with van der Waals surface area (Å²) in [4.78, 5) is 49.6. The number of nitrogens with one attached hydrogen (secondary N) is 1. The van der Waals surface area contributed by atoms with Gasteiger partial charge in [0.2, 0.25) is 5.91 Å². The molecule has 1 saturated heterocycles. The number of hydrogen-bond donors (Lipinski definition) is 1. The van der Waals surface area contributed by atoms with Crippen LogP contribution in [-0.4, -0.2) is 27.9 Å². The molecule has 0 spiro atoms. The van der Waals surface area contributed by atoms with E-state index in [1.165, 1.54) is 0 Å². The minimum Gasteiger partial charge on any atom is -0.342 e. The van der Waals surface area contributed by atoms with Gasteiger partial charge in [0.25, 0.3) is 5.91 Å². The topological polar surface area (TPSA) is 85.2 Å². The van der Waals surface area contributed by atoms with Crippen LogP contribution in [0.15, 0.2) is 78.5 Å². The number of fused-ring (bicyclic) bond motifs is 3. The molecule has 0 atom stereocenters. The highest BCUT2D eigenvalue weighted by Gasteiger charge is 2.29. The molecule has 2 amide bonds. The molecular weight excluding hydrogens is 428 g/mol. The third kappa shape index (κ3) is 3.11. The molecule has 2 heterocycles. The second kappa shape index (κ2) is 7.49. The fourth-order valence-electron chi connectivity index (χ4n) is 4.77. The lowest BCUT2D eigenvalue weighted by Gasteiger charge is -2.18. The monoisotopic (exact) mass is 446 g/mol. The fourth-order valence-corrected chi connectivity index (χ4v) is 4.77. The van der Waals surface area contributed by atoms with Crippen LogP contribution in [0.2, 0.25) is 0 Å². The zero-order chi connectivity index (χ0) is 23.4. The van der Waals surface area contributed by atoms with E-state index in [-0.39, 0.29) is 29.8 Å². The number of para-hydroxylation sites is 1. The van der Waals surface area contributed by atoms with Crippen LogP contribution in [-0.2, 0) is 16.1 Å². The van der Waals surface area contributed by atoms with Gasteiger partial charge in [-0.3, -0.25) is 24.5 Å². The Bertz CT molecular complexity index is 1610. The van der Waals surface area contributed by atoms with E-state index in [4.69, 9.17) is 0 Å². The van der Waals surface area contributed by atoms with Crippen molar-refractivity contribution in [2.75, 3.05) is 0 Å². The highest BCUT2D eigenvalue weighted by molar-refractivity contribution is 6.28. The van der Waals surface area contributed by atoms with Gasteiger partial charge >= 0.3 is 0 Å². The lowest BCUT2D eigenvalue weighted by atomic mass is 9.83. The molecule has 3 aromatic carbocycles. The Balaban J connectivity index is 1.40. The molecule has 4 aromatic rings. The molecule has 0 radical (unpaired) electrons. The number of amides is 2. The number of aromatic nitrogens is 1. The molecule has 1 N–H and O–H groups in total. The molecule has 0 saturated carbocycles. The number of nitrogens with zero attached hydrogens (tertiary/aromatic N) is 1. The maximum Gasteiger partial charge on any atom is 0.254 e. The summed E-state index contributed by atoms with van der Waals surface area (Å²) < 4.78 is 2.04. The molecule has 6 rings (SSSR count). The number of hydrogen-bond acceptors (Lipinski definition) is 4. The minimum absolute atomic E-state index is 0.0702. The molecule has 164 valence electrons. The van der Waals surface area contributed by atoms with Crippen LogP contribution in [0.25, 0.3) is 17.0 Å². The van der Waals surface area contributed by atoms with Crippen molar-refractivity contribution in [1.29, 1.82) is 0 Å². The van der Waals surface area contributed by atoms with Crippen LogP contribution < -0.4 is 5.32 Å². The first-order chi connectivity index (χ1) is 16.5. The molecule has 1 aliphatic carbocycles. The van der Waals surface area contributed by atoms with E-state index in [1.54, 1.807) is 42.5 Å². The zero-order valence-electron chi connectivity index (χ0n) is 18.0. The second-order valence-corrected chi connectivity index (χ2v) is 8.54. The van der Waals surface area contributed by atoms with Crippen LogP contribution in [0.4, 0.5) is 0 Å². The predicted molar refractivity (Wildman–Crippen MR) is 127 cm³/mol. The largest absolute Gasteiger partial charge is 0.342 e. The van der Waals surface area contributed by atoms with Crippen molar-refractivity contribution in [2.24, 2.45) is 0 Å². The molecular formula is C28H18N2O4. The maximum atomic E-state index is 13.1.